The fourth-order valence-electron chi connectivity index (χ4n) is 5.88. The van der Waals surface area contributed by atoms with Gasteiger partial charge in [0.05, 0.1) is 0 Å². The Hall–Kier alpha value is -4.82. The second-order valence-corrected chi connectivity index (χ2v) is 12.4. The van der Waals surface area contributed by atoms with Crippen LogP contribution in [0.4, 0.5) is 0 Å². The van der Waals surface area contributed by atoms with Gasteiger partial charge in [0.2, 0.25) is 0 Å². The Kier molecular flexibility index (Phi) is 5.94. The van der Waals surface area contributed by atoms with Gasteiger partial charge in [-0.3, -0.25) is 0 Å². The molecule has 11 heteroatoms. The summed E-state index contributed by atoms with van der Waals surface area (Å²) in [5.41, 5.74) is 6.00. The number of rotatable bonds is 1. The number of aromatic nitrogens is 8. The maximum absolute atomic E-state index is 12.5. The number of aromatic amines is 2. The second-order valence-electron chi connectivity index (χ2n) is 10.2. The van der Waals surface area contributed by atoms with Crippen LogP contribution in [-0.4, -0.2) is 39.9 Å². The van der Waals surface area contributed by atoms with Crippen LogP contribution in [0.5, 0.6) is 0 Å². The SMILES string of the molecule is [Cu].[O]=[Zn][c]1cccc2c3nc4nc(nc5[nH]c(nc6nc(nc([nH]3)c12)-c1ccccc1-6)c1ccccc51)-c1ccccc1-4. The predicted molar refractivity (Wildman–Crippen MR) is 156 cm³/mol. The van der Waals surface area contributed by atoms with Gasteiger partial charge in [0, 0.05) is 17.1 Å². The molecule has 0 unspecified atom stereocenters. The molecular weight excluding hydrogens is 641 g/mol. The molecule has 9 rings (SSSR count). The van der Waals surface area contributed by atoms with Crippen molar-refractivity contribution in [2.45, 2.75) is 0 Å². The summed E-state index contributed by atoms with van der Waals surface area (Å²) in [6, 6.07) is 29.7. The van der Waals surface area contributed by atoms with E-state index in [2.05, 4.69) is 9.97 Å². The number of fused-ring (bicyclic) bond motifs is 20. The third kappa shape index (κ3) is 3.93. The molecule has 0 fully saturated rings. The number of hydrogen-bond donors (Lipinski definition) is 2. The summed E-state index contributed by atoms with van der Waals surface area (Å²) in [5, 5.41) is 3.50. The van der Waals surface area contributed by atoms with Crippen LogP contribution < -0.4 is 4.16 Å². The summed E-state index contributed by atoms with van der Waals surface area (Å²) in [5.74, 6) is 2.18. The molecule has 5 heterocycles. The zero-order valence-corrected chi connectivity index (χ0v) is 26.2. The Labute approximate surface area is 261 Å². The third-order valence-electron chi connectivity index (χ3n) is 7.82. The summed E-state index contributed by atoms with van der Waals surface area (Å²) < 4.78 is 13.3. The van der Waals surface area contributed by atoms with Crippen LogP contribution in [0.2, 0.25) is 0 Å². The van der Waals surface area contributed by atoms with E-state index in [1.54, 1.807) is 0 Å². The Morgan fingerprint density at radius 2 is 0.837 bits per heavy atom. The van der Waals surface area contributed by atoms with Gasteiger partial charge >= 0.3 is 239 Å². The molecule has 0 saturated heterocycles. The molecule has 4 aromatic carbocycles. The molecule has 9 nitrogen and oxygen atoms in total. The van der Waals surface area contributed by atoms with Gasteiger partial charge in [0.1, 0.15) is 0 Å². The molecule has 0 saturated carbocycles. The van der Waals surface area contributed by atoms with E-state index in [9.17, 15) is 3.57 Å². The van der Waals surface area contributed by atoms with Crippen LogP contribution in [0.25, 0.3) is 89.7 Å². The summed E-state index contributed by atoms with van der Waals surface area (Å²) in [6.07, 6.45) is 0. The average molecular weight is 658 g/mol. The summed E-state index contributed by atoms with van der Waals surface area (Å²) in [7, 11) is 0. The molecule has 0 atom stereocenters. The van der Waals surface area contributed by atoms with E-state index >= 15 is 0 Å². The first-order valence-electron chi connectivity index (χ1n) is 13.6. The van der Waals surface area contributed by atoms with Crippen molar-refractivity contribution in [2.75, 3.05) is 0 Å². The molecule has 204 valence electrons. The maximum atomic E-state index is 12.5. The molecule has 0 aliphatic carbocycles. The van der Waals surface area contributed by atoms with Crippen molar-refractivity contribution >= 4 is 48.3 Å². The van der Waals surface area contributed by atoms with Crippen molar-refractivity contribution in [3.05, 3.63) is 91.0 Å². The zero-order chi connectivity index (χ0) is 27.8. The Morgan fingerprint density at radius 3 is 1.33 bits per heavy atom. The number of H-pyrrole nitrogens is 2. The minimum atomic E-state index is -2.23. The molecule has 43 heavy (non-hydrogen) atoms. The van der Waals surface area contributed by atoms with Gasteiger partial charge in [0.25, 0.3) is 0 Å². The number of nitrogens with one attached hydrogen (secondary N) is 2. The molecule has 2 aliphatic rings. The van der Waals surface area contributed by atoms with Crippen molar-refractivity contribution in [3.8, 4) is 45.6 Å². The Bertz CT molecular complexity index is 2460. The first kappa shape index (κ1) is 25.9. The van der Waals surface area contributed by atoms with E-state index in [0.29, 0.717) is 45.9 Å². The van der Waals surface area contributed by atoms with Crippen molar-refractivity contribution in [2.24, 2.45) is 0 Å². The normalized spacial score (nSPS) is 11.5. The minimum absolute atomic E-state index is 0. The molecule has 0 spiro atoms. The van der Waals surface area contributed by atoms with E-state index in [4.69, 9.17) is 29.9 Å². The third-order valence-corrected chi connectivity index (χ3v) is 9.71. The summed E-state index contributed by atoms with van der Waals surface area (Å²) in [6.45, 7) is 0. The number of hydrogen-bond acceptors (Lipinski definition) is 7. The van der Waals surface area contributed by atoms with Gasteiger partial charge < -0.3 is 0 Å². The fraction of sp³-hybridized carbons (Fsp3) is 0. The Morgan fingerprint density at radius 1 is 0.442 bits per heavy atom. The first-order chi connectivity index (χ1) is 20.7. The van der Waals surface area contributed by atoms with Gasteiger partial charge in [-0.25, -0.2) is 0 Å². The van der Waals surface area contributed by atoms with E-state index in [1.165, 1.54) is 0 Å². The van der Waals surface area contributed by atoms with E-state index < -0.39 is 17.1 Å². The molecule has 0 amide bonds. The van der Waals surface area contributed by atoms with E-state index in [-0.39, 0.29) is 17.1 Å². The average Bonchev–Trinajstić information content (AvgIpc) is 3.76. The van der Waals surface area contributed by atoms with Gasteiger partial charge in [-0.05, 0) is 0 Å². The molecule has 1 radical (unpaired) electrons. The molecule has 3 aromatic heterocycles. The van der Waals surface area contributed by atoms with Crippen molar-refractivity contribution < 1.29 is 37.7 Å². The van der Waals surface area contributed by atoms with Crippen LogP contribution in [0.3, 0.4) is 0 Å². The van der Waals surface area contributed by atoms with Crippen molar-refractivity contribution in [1.82, 2.24) is 39.9 Å². The zero-order valence-electron chi connectivity index (χ0n) is 22.3. The molecule has 2 aliphatic heterocycles. The number of benzene rings is 4. The van der Waals surface area contributed by atoms with E-state index in [0.717, 1.165) is 48.0 Å². The van der Waals surface area contributed by atoms with Crippen molar-refractivity contribution in [1.29, 1.82) is 0 Å². The van der Waals surface area contributed by atoms with Crippen LogP contribution in [0.15, 0.2) is 91.0 Å². The molecule has 8 bridgehead atoms. The van der Waals surface area contributed by atoms with E-state index in [1.807, 2.05) is 91.0 Å². The topological polar surface area (TPSA) is 126 Å². The van der Waals surface area contributed by atoms with Crippen LogP contribution in [0, 0.1) is 0 Å². The molecular formula is C32H17CuN8OZn. The van der Waals surface area contributed by atoms with Crippen LogP contribution >= 0.6 is 0 Å². The van der Waals surface area contributed by atoms with Gasteiger partial charge in [-0.1, -0.05) is 6.07 Å². The predicted octanol–water partition coefficient (Wildman–Crippen LogP) is 5.92. The van der Waals surface area contributed by atoms with Gasteiger partial charge in [0.15, 0.2) is 0 Å². The summed E-state index contributed by atoms with van der Waals surface area (Å²) in [4.78, 5) is 36.7. The first-order valence-corrected chi connectivity index (χ1v) is 16.2. The summed E-state index contributed by atoms with van der Waals surface area (Å²) >= 11 is -2.23. The number of nitrogens with zero attached hydrogens (tertiary/aromatic N) is 6. The van der Waals surface area contributed by atoms with Crippen LogP contribution in [0.1, 0.15) is 0 Å². The molecule has 7 aromatic rings. The van der Waals surface area contributed by atoms with Gasteiger partial charge in [-0.15, -0.1) is 0 Å². The standard InChI is InChI=1S/C32H17N8.Cu.O.Zn/c1-2-10-18-17(9-1)25-33-26(18)38-28-21-13-5-6-14-22(21)30(35-28)40-32-24-16-8-7-15-23(24)31(36-32)39-29-20-12-4-3-11-19(20)27(34-29)37-25;;;/h1-15H,(H2,33,34,35,36,37,38,39,40);;;. The van der Waals surface area contributed by atoms with Gasteiger partial charge in [-0.2, -0.15) is 0 Å². The molecule has 2 N–H and O–H groups in total. The quantitative estimate of drug-likeness (QED) is 0.210. The monoisotopic (exact) mass is 656 g/mol. The van der Waals surface area contributed by atoms with Crippen molar-refractivity contribution in [3.63, 3.8) is 0 Å². The van der Waals surface area contributed by atoms with Crippen LogP contribution in [-0.2, 0) is 37.7 Å². The Balaban J connectivity index is 0.00000278. The second kappa shape index (κ2) is 9.88. The fourth-order valence-corrected chi connectivity index (χ4v) is 7.42.